The maximum absolute atomic E-state index is 12.9. The summed E-state index contributed by atoms with van der Waals surface area (Å²) >= 11 is 0. The van der Waals surface area contributed by atoms with Gasteiger partial charge in [0.2, 0.25) is 5.91 Å². The van der Waals surface area contributed by atoms with E-state index in [1.807, 2.05) is 9.80 Å². The van der Waals surface area contributed by atoms with Gasteiger partial charge in [0.15, 0.2) is 0 Å². The summed E-state index contributed by atoms with van der Waals surface area (Å²) in [6.07, 6.45) is 1.60. The average molecular weight is 299 g/mol. The quantitative estimate of drug-likeness (QED) is 0.694. The van der Waals surface area contributed by atoms with E-state index >= 15 is 0 Å². The number of hydrogen-bond donors (Lipinski definition) is 2. The van der Waals surface area contributed by atoms with E-state index in [4.69, 9.17) is 9.84 Å². The third-order valence-corrected chi connectivity index (χ3v) is 4.45. The number of amides is 1. The lowest BCUT2D eigenvalue weighted by Crippen LogP contribution is -2.57. The molecule has 120 valence electrons. The van der Waals surface area contributed by atoms with Crippen LogP contribution in [0.3, 0.4) is 0 Å². The fourth-order valence-corrected chi connectivity index (χ4v) is 3.24. The largest absolute Gasteiger partial charge is 0.480 e. The second-order valence-corrected chi connectivity index (χ2v) is 5.93. The van der Waals surface area contributed by atoms with Crippen LogP contribution < -0.4 is 5.32 Å². The zero-order valence-corrected chi connectivity index (χ0v) is 12.6. The molecule has 1 amide bonds. The van der Waals surface area contributed by atoms with Crippen molar-refractivity contribution >= 4 is 11.9 Å². The van der Waals surface area contributed by atoms with Crippen LogP contribution in [0.15, 0.2) is 0 Å². The van der Waals surface area contributed by atoms with E-state index in [-0.39, 0.29) is 12.5 Å². The summed E-state index contributed by atoms with van der Waals surface area (Å²) in [5.74, 6) is -0.648. The van der Waals surface area contributed by atoms with E-state index < -0.39 is 11.4 Å². The molecule has 2 aliphatic heterocycles. The Morgan fingerprint density at radius 3 is 2.33 bits per heavy atom. The van der Waals surface area contributed by atoms with Gasteiger partial charge in [-0.25, -0.2) is 0 Å². The van der Waals surface area contributed by atoms with Gasteiger partial charge in [0.25, 0.3) is 0 Å². The lowest BCUT2D eigenvalue weighted by molar-refractivity contribution is -0.149. The van der Waals surface area contributed by atoms with Crippen molar-refractivity contribution in [3.63, 3.8) is 0 Å². The summed E-state index contributed by atoms with van der Waals surface area (Å²) in [7, 11) is 1.64. The monoisotopic (exact) mass is 299 g/mol. The number of aliphatic carboxylic acids is 1. The smallest absolute Gasteiger partial charge is 0.317 e. The fourth-order valence-electron chi connectivity index (χ4n) is 3.24. The molecule has 0 bridgehead atoms. The van der Waals surface area contributed by atoms with Crippen LogP contribution in [0.1, 0.15) is 12.8 Å². The van der Waals surface area contributed by atoms with E-state index in [1.165, 1.54) is 0 Å². The molecule has 2 aliphatic rings. The predicted molar refractivity (Wildman–Crippen MR) is 77.1 cm³/mol. The Labute approximate surface area is 125 Å². The topological polar surface area (TPSA) is 82.1 Å². The maximum Gasteiger partial charge on any atom is 0.317 e. The molecule has 0 radical (unpaired) electrons. The number of piperazine rings is 1. The van der Waals surface area contributed by atoms with E-state index in [0.717, 1.165) is 25.9 Å². The standard InChI is InChI=1S/C14H25N3O4/c1-21-11-14(2-4-15-5-3-14)13(20)17-8-6-16(7-9-17)10-12(18)19/h15H,2-11H2,1H3,(H,18,19). The molecule has 0 unspecified atom stereocenters. The molecule has 2 rings (SSSR count). The van der Waals surface area contributed by atoms with Crippen molar-refractivity contribution in [1.29, 1.82) is 0 Å². The Bertz CT molecular complexity index is 369. The first-order chi connectivity index (χ1) is 10.1. The van der Waals surface area contributed by atoms with Gasteiger partial charge < -0.3 is 20.1 Å². The van der Waals surface area contributed by atoms with E-state index in [2.05, 4.69) is 5.32 Å². The van der Waals surface area contributed by atoms with Gasteiger partial charge in [0.1, 0.15) is 0 Å². The molecule has 21 heavy (non-hydrogen) atoms. The normalized spacial score (nSPS) is 23.0. The SMILES string of the molecule is COCC1(C(=O)N2CCN(CC(=O)O)CC2)CCNCC1. The van der Waals surface area contributed by atoms with Crippen LogP contribution >= 0.6 is 0 Å². The van der Waals surface area contributed by atoms with Gasteiger partial charge in [0.05, 0.1) is 18.6 Å². The summed E-state index contributed by atoms with van der Waals surface area (Å²) in [6.45, 7) is 4.65. The number of piperidine rings is 1. The van der Waals surface area contributed by atoms with Crippen molar-refractivity contribution in [2.24, 2.45) is 5.41 Å². The molecule has 0 aromatic carbocycles. The summed E-state index contributed by atoms with van der Waals surface area (Å²) < 4.78 is 5.31. The molecule has 2 N–H and O–H groups in total. The third-order valence-electron chi connectivity index (χ3n) is 4.45. The Balaban J connectivity index is 1.94. The molecule has 0 saturated carbocycles. The van der Waals surface area contributed by atoms with Crippen LogP contribution in [0, 0.1) is 5.41 Å². The zero-order valence-electron chi connectivity index (χ0n) is 12.6. The Morgan fingerprint density at radius 1 is 1.19 bits per heavy atom. The number of nitrogens with one attached hydrogen (secondary N) is 1. The summed E-state index contributed by atoms with van der Waals surface area (Å²) in [5.41, 5.74) is -0.408. The first kappa shape index (κ1) is 16.2. The highest BCUT2D eigenvalue weighted by Gasteiger charge is 2.42. The molecular formula is C14H25N3O4. The molecule has 7 nitrogen and oxygen atoms in total. The highest BCUT2D eigenvalue weighted by atomic mass is 16.5. The lowest BCUT2D eigenvalue weighted by atomic mass is 9.78. The first-order valence-corrected chi connectivity index (χ1v) is 7.50. The van der Waals surface area contributed by atoms with Crippen LogP contribution in [-0.2, 0) is 14.3 Å². The average Bonchev–Trinajstić information content (AvgIpc) is 2.48. The fraction of sp³-hybridized carbons (Fsp3) is 0.857. The van der Waals surface area contributed by atoms with Gasteiger partial charge >= 0.3 is 5.97 Å². The van der Waals surface area contributed by atoms with Crippen molar-refractivity contribution in [2.45, 2.75) is 12.8 Å². The van der Waals surface area contributed by atoms with E-state index in [0.29, 0.717) is 32.8 Å². The minimum Gasteiger partial charge on any atom is -0.480 e. The molecule has 2 fully saturated rings. The number of methoxy groups -OCH3 is 1. The Kier molecular flexibility index (Phi) is 5.55. The summed E-state index contributed by atoms with van der Waals surface area (Å²) in [5, 5.41) is 12.1. The highest BCUT2D eigenvalue weighted by Crippen LogP contribution is 2.32. The number of carbonyl (C=O) groups excluding carboxylic acids is 1. The summed E-state index contributed by atoms with van der Waals surface area (Å²) in [4.78, 5) is 27.3. The lowest BCUT2D eigenvalue weighted by Gasteiger charge is -2.42. The maximum atomic E-state index is 12.9. The van der Waals surface area contributed by atoms with Crippen molar-refractivity contribution < 1.29 is 19.4 Å². The molecule has 0 spiro atoms. The van der Waals surface area contributed by atoms with Crippen LogP contribution in [0.5, 0.6) is 0 Å². The number of nitrogens with zero attached hydrogens (tertiary/aromatic N) is 2. The molecule has 0 aliphatic carbocycles. The summed E-state index contributed by atoms with van der Waals surface area (Å²) in [6, 6.07) is 0. The van der Waals surface area contributed by atoms with Gasteiger partial charge in [0, 0.05) is 33.3 Å². The van der Waals surface area contributed by atoms with Crippen molar-refractivity contribution in [3.8, 4) is 0 Å². The number of carboxylic acid groups (broad SMARTS) is 1. The number of carboxylic acids is 1. The zero-order chi connectivity index (χ0) is 15.3. The van der Waals surface area contributed by atoms with Crippen LogP contribution in [0.2, 0.25) is 0 Å². The molecular weight excluding hydrogens is 274 g/mol. The Morgan fingerprint density at radius 2 is 1.81 bits per heavy atom. The number of rotatable bonds is 5. The van der Waals surface area contributed by atoms with Crippen molar-refractivity contribution in [2.75, 3.05) is 59.5 Å². The first-order valence-electron chi connectivity index (χ1n) is 7.50. The number of ether oxygens (including phenoxy) is 1. The molecule has 7 heteroatoms. The van der Waals surface area contributed by atoms with Crippen LogP contribution in [-0.4, -0.2) is 86.3 Å². The van der Waals surface area contributed by atoms with E-state index in [9.17, 15) is 9.59 Å². The Hall–Kier alpha value is -1.18. The molecule has 0 aromatic rings. The van der Waals surface area contributed by atoms with Crippen molar-refractivity contribution in [3.05, 3.63) is 0 Å². The van der Waals surface area contributed by atoms with Crippen molar-refractivity contribution in [1.82, 2.24) is 15.1 Å². The van der Waals surface area contributed by atoms with Crippen LogP contribution in [0.25, 0.3) is 0 Å². The minimum absolute atomic E-state index is 0.0508. The molecule has 0 aromatic heterocycles. The van der Waals surface area contributed by atoms with Crippen LogP contribution in [0.4, 0.5) is 0 Å². The third kappa shape index (κ3) is 3.93. The van der Waals surface area contributed by atoms with Gasteiger partial charge in [-0.15, -0.1) is 0 Å². The van der Waals surface area contributed by atoms with Gasteiger partial charge in [-0.1, -0.05) is 0 Å². The predicted octanol–water partition coefficient (Wildman–Crippen LogP) is -0.769. The molecule has 2 saturated heterocycles. The van der Waals surface area contributed by atoms with Gasteiger partial charge in [-0.2, -0.15) is 0 Å². The van der Waals surface area contributed by atoms with E-state index in [1.54, 1.807) is 7.11 Å². The number of carbonyl (C=O) groups is 2. The molecule has 0 atom stereocenters. The van der Waals surface area contributed by atoms with Gasteiger partial charge in [-0.3, -0.25) is 14.5 Å². The highest BCUT2D eigenvalue weighted by molar-refractivity contribution is 5.83. The minimum atomic E-state index is -0.816. The number of hydrogen-bond acceptors (Lipinski definition) is 5. The van der Waals surface area contributed by atoms with Gasteiger partial charge in [-0.05, 0) is 25.9 Å². The second kappa shape index (κ2) is 7.20. The molecule has 2 heterocycles. The second-order valence-electron chi connectivity index (χ2n) is 5.93.